The monoisotopic (exact) mass is 425 g/mol. The lowest BCUT2D eigenvalue weighted by Crippen LogP contribution is -2.74. The Morgan fingerprint density at radius 2 is 2.10 bits per heavy atom. The number of likely N-dealkylation sites (tertiary alicyclic amines) is 1. The molecule has 2 heterocycles. The number of ether oxygens (including phenoxy) is 3. The number of benzene rings is 1. The van der Waals surface area contributed by atoms with Gasteiger partial charge in [-0.3, -0.25) is 4.90 Å². The molecule has 1 aromatic carbocycles. The number of methoxy groups -OCH3 is 2. The fraction of sp³-hybridized carbons (Fsp3) is 0.731. The van der Waals surface area contributed by atoms with Gasteiger partial charge in [-0.25, -0.2) is 0 Å². The average Bonchev–Trinajstić information content (AvgIpc) is 3.47. The average molecular weight is 426 g/mol. The Hall–Kier alpha value is -1.59. The molecule has 6 rings (SSSR count). The van der Waals surface area contributed by atoms with Crippen molar-refractivity contribution in [3.8, 4) is 11.5 Å². The number of hydrogen-bond donors (Lipinski definition) is 0. The first-order valence-electron chi connectivity index (χ1n) is 12.1. The van der Waals surface area contributed by atoms with Crippen molar-refractivity contribution in [1.82, 2.24) is 4.90 Å². The summed E-state index contributed by atoms with van der Waals surface area (Å²) in [5, 5.41) is 0. The lowest BCUT2D eigenvalue weighted by Gasteiger charge is -2.67. The Labute approximate surface area is 185 Å². The summed E-state index contributed by atoms with van der Waals surface area (Å²) in [6.07, 6.45) is 6.38. The van der Waals surface area contributed by atoms with Gasteiger partial charge in [-0.1, -0.05) is 13.0 Å². The highest BCUT2D eigenvalue weighted by molar-refractivity contribution is 5.76. The van der Waals surface area contributed by atoms with Crippen molar-refractivity contribution in [3.05, 3.63) is 23.3 Å². The maximum atomic E-state index is 12.2. The topological polar surface area (TPSA) is 48.0 Å². The Balaban J connectivity index is 1.54. The van der Waals surface area contributed by atoms with E-state index in [9.17, 15) is 4.79 Å². The maximum Gasteiger partial charge on any atom is 0.165 e. The number of ketones is 1. The van der Waals surface area contributed by atoms with E-state index in [1.807, 2.05) is 0 Å². The molecule has 31 heavy (non-hydrogen) atoms. The van der Waals surface area contributed by atoms with Crippen LogP contribution in [0.1, 0.15) is 57.1 Å². The van der Waals surface area contributed by atoms with E-state index in [4.69, 9.17) is 14.2 Å². The summed E-state index contributed by atoms with van der Waals surface area (Å²) in [6.45, 7) is 6.57. The smallest absolute Gasteiger partial charge is 0.165 e. The first-order valence-corrected chi connectivity index (χ1v) is 12.1. The molecule has 1 aromatic rings. The summed E-state index contributed by atoms with van der Waals surface area (Å²) in [4.78, 5) is 15.0. The molecule has 1 unspecified atom stereocenters. The lowest BCUT2D eigenvalue weighted by atomic mass is 9.42. The standard InChI is InChI=1S/C26H35NO4/c1-15(28)11-18-13-25(2)20-12-17-7-8-19(29-3)23-21(17)26(25,24(31-23)22(18)30-4)9-10-27(20)14-16-5-6-16/h7-8,16,18,20,22,24H,5-6,9-14H2,1-4H3/t18-,20+,22?,24-,25+,26-/m0/s1. The van der Waals surface area contributed by atoms with Crippen LogP contribution in [0.4, 0.5) is 0 Å². The van der Waals surface area contributed by atoms with Gasteiger partial charge in [-0.2, -0.15) is 0 Å². The molecule has 5 aliphatic rings. The van der Waals surface area contributed by atoms with E-state index in [0.29, 0.717) is 12.5 Å². The van der Waals surface area contributed by atoms with Gasteiger partial charge in [-0.15, -0.1) is 0 Å². The molecule has 5 heteroatoms. The van der Waals surface area contributed by atoms with Crippen LogP contribution in [0.3, 0.4) is 0 Å². The zero-order chi connectivity index (χ0) is 21.5. The van der Waals surface area contributed by atoms with Crippen LogP contribution < -0.4 is 9.47 Å². The second-order valence-electron chi connectivity index (χ2n) is 11.0. The van der Waals surface area contributed by atoms with Gasteiger partial charge in [0.2, 0.25) is 0 Å². The van der Waals surface area contributed by atoms with Crippen LogP contribution in [0.5, 0.6) is 11.5 Å². The first-order chi connectivity index (χ1) is 14.9. The number of carbonyl (C=O) groups is 1. The van der Waals surface area contributed by atoms with Crippen molar-refractivity contribution < 1.29 is 19.0 Å². The van der Waals surface area contributed by atoms with Crippen LogP contribution in [-0.4, -0.2) is 56.2 Å². The van der Waals surface area contributed by atoms with E-state index in [1.165, 1.54) is 30.5 Å². The van der Waals surface area contributed by atoms with Gasteiger partial charge in [0, 0.05) is 37.1 Å². The second kappa shape index (κ2) is 6.71. The molecule has 3 fully saturated rings. The molecule has 1 spiro atoms. The molecule has 5 nitrogen and oxygen atoms in total. The van der Waals surface area contributed by atoms with Crippen molar-refractivity contribution >= 4 is 5.78 Å². The molecule has 168 valence electrons. The van der Waals surface area contributed by atoms with E-state index in [1.54, 1.807) is 21.1 Å². The summed E-state index contributed by atoms with van der Waals surface area (Å²) in [5.41, 5.74) is 2.82. The Kier molecular flexibility index (Phi) is 4.34. The predicted molar refractivity (Wildman–Crippen MR) is 118 cm³/mol. The van der Waals surface area contributed by atoms with Gasteiger partial charge in [0.15, 0.2) is 11.5 Å². The van der Waals surface area contributed by atoms with E-state index in [-0.39, 0.29) is 34.7 Å². The SMILES string of the molecule is COc1ccc2c3c1O[C@H]1C(OC)[C@@H](CC(C)=O)C[C@]4(C)[C@@H](C2)N(CC2CC2)CC[C@]314. The highest BCUT2D eigenvalue weighted by Crippen LogP contribution is 2.70. The van der Waals surface area contributed by atoms with Crippen molar-refractivity contribution in [3.63, 3.8) is 0 Å². The van der Waals surface area contributed by atoms with Crippen LogP contribution in [0.2, 0.25) is 0 Å². The zero-order valence-corrected chi connectivity index (χ0v) is 19.3. The van der Waals surface area contributed by atoms with Crippen molar-refractivity contribution in [1.29, 1.82) is 0 Å². The van der Waals surface area contributed by atoms with Gasteiger partial charge in [0.25, 0.3) is 0 Å². The highest BCUT2D eigenvalue weighted by atomic mass is 16.6. The van der Waals surface area contributed by atoms with Crippen LogP contribution >= 0.6 is 0 Å². The largest absolute Gasteiger partial charge is 0.493 e. The molecule has 6 atom stereocenters. The molecule has 0 aromatic heterocycles. The Bertz CT molecular complexity index is 926. The zero-order valence-electron chi connectivity index (χ0n) is 19.3. The van der Waals surface area contributed by atoms with Crippen LogP contribution in [0.25, 0.3) is 0 Å². The number of piperidine rings is 1. The fourth-order valence-electron chi connectivity index (χ4n) is 8.11. The third-order valence-electron chi connectivity index (χ3n) is 9.47. The number of nitrogens with zero attached hydrogens (tertiary/aromatic N) is 1. The van der Waals surface area contributed by atoms with E-state index < -0.39 is 0 Å². The molecule has 2 saturated carbocycles. The van der Waals surface area contributed by atoms with Crippen molar-refractivity contribution in [2.45, 2.75) is 76.0 Å². The molecule has 2 aliphatic heterocycles. The van der Waals surface area contributed by atoms with Crippen molar-refractivity contribution in [2.24, 2.45) is 17.3 Å². The summed E-state index contributed by atoms with van der Waals surface area (Å²) in [7, 11) is 3.53. The van der Waals surface area contributed by atoms with Crippen LogP contribution in [-0.2, 0) is 21.4 Å². The predicted octanol–water partition coefficient (Wildman–Crippen LogP) is 3.75. The second-order valence-corrected chi connectivity index (χ2v) is 11.0. The van der Waals surface area contributed by atoms with Crippen LogP contribution in [0, 0.1) is 17.3 Å². The van der Waals surface area contributed by atoms with E-state index in [0.717, 1.165) is 43.2 Å². The number of hydrogen-bond acceptors (Lipinski definition) is 5. The number of Topliss-reactive ketones (excluding diaryl/α,β-unsaturated/α-hetero) is 1. The minimum atomic E-state index is -0.0735. The number of rotatable bonds is 6. The normalized spacial score (nSPS) is 40.3. The summed E-state index contributed by atoms with van der Waals surface area (Å²) in [6, 6.07) is 4.86. The molecular weight excluding hydrogens is 390 g/mol. The van der Waals surface area contributed by atoms with E-state index in [2.05, 4.69) is 24.0 Å². The Morgan fingerprint density at radius 3 is 2.77 bits per heavy atom. The number of carbonyl (C=O) groups excluding carboxylic acids is 1. The van der Waals surface area contributed by atoms with Gasteiger partial charge in [-0.05, 0) is 74.5 Å². The van der Waals surface area contributed by atoms with Gasteiger partial charge >= 0.3 is 0 Å². The van der Waals surface area contributed by atoms with Crippen LogP contribution in [0.15, 0.2) is 12.1 Å². The molecular formula is C26H35NO4. The minimum Gasteiger partial charge on any atom is -0.493 e. The molecule has 3 aliphatic carbocycles. The van der Waals surface area contributed by atoms with Gasteiger partial charge in [0.05, 0.1) is 13.2 Å². The fourth-order valence-corrected chi connectivity index (χ4v) is 8.11. The third-order valence-corrected chi connectivity index (χ3v) is 9.47. The molecule has 1 saturated heterocycles. The quantitative estimate of drug-likeness (QED) is 0.695. The molecule has 0 radical (unpaired) electrons. The molecule has 0 amide bonds. The summed E-state index contributed by atoms with van der Waals surface area (Å²) >= 11 is 0. The maximum absolute atomic E-state index is 12.2. The third kappa shape index (κ3) is 2.54. The van der Waals surface area contributed by atoms with Gasteiger partial charge in [0.1, 0.15) is 11.9 Å². The lowest BCUT2D eigenvalue weighted by molar-refractivity contribution is -0.184. The first kappa shape index (κ1) is 20.0. The van der Waals surface area contributed by atoms with Gasteiger partial charge < -0.3 is 19.0 Å². The van der Waals surface area contributed by atoms with E-state index >= 15 is 0 Å². The summed E-state index contributed by atoms with van der Waals surface area (Å²) < 4.78 is 18.7. The molecule has 0 N–H and O–H groups in total. The Morgan fingerprint density at radius 1 is 1.29 bits per heavy atom. The highest BCUT2D eigenvalue weighted by Gasteiger charge is 2.73. The molecule has 2 bridgehead atoms. The van der Waals surface area contributed by atoms with Crippen molar-refractivity contribution in [2.75, 3.05) is 27.3 Å². The minimum absolute atomic E-state index is 0.0588. The summed E-state index contributed by atoms with van der Waals surface area (Å²) in [5.74, 6) is 3.09.